The maximum Gasteiger partial charge on any atom is 0.0181 e. The predicted molar refractivity (Wildman–Crippen MR) is 77.7 cm³/mol. The standard InChI is InChI=1S/C14H28N2S/c1-13(2)12(14(13,3)4)16-9-10-17-11-5-7-15-8-6-11/h11-12,15-16H,5-10H2,1-4H3. The van der Waals surface area contributed by atoms with E-state index in [0.717, 1.165) is 5.25 Å². The van der Waals surface area contributed by atoms with Crippen LogP contribution in [0.1, 0.15) is 40.5 Å². The molecule has 1 aliphatic carbocycles. The highest BCUT2D eigenvalue weighted by molar-refractivity contribution is 7.99. The minimum absolute atomic E-state index is 0.479. The Hall–Kier alpha value is 0.270. The van der Waals surface area contributed by atoms with Crippen molar-refractivity contribution in [3.63, 3.8) is 0 Å². The molecule has 2 N–H and O–H groups in total. The topological polar surface area (TPSA) is 24.1 Å². The third kappa shape index (κ3) is 2.82. The van der Waals surface area contributed by atoms with Gasteiger partial charge in [0.25, 0.3) is 0 Å². The zero-order valence-corrected chi connectivity index (χ0v) is 12.6. The van der Waals surface area contributed by atoms with E-state index in [1.54, 1.807) is 0 Å². The minimum atomic E-state index is 0.479. The quantitative estimate of drug-likeness (QED) is 0.739. The van der Waals surface area contributed by atoms with E-state index in [4.69, 9.17) is 0 Å². The monoisotopic (exact) mass is 256 g/mol. The van der Waals surface area contributed by atoms with Crippen LogP contribution in [0.25, 0.3) is 0 Å². The molecule has 1 heterocycles. The molecule has 0 radical (unpaired) electrons. The van der Waals surface area contributed by atoms with E-state index in [9.17, 15) is 0 Å². The lowest BCUT2D eigenvalue weighted by atomic mass is 10.0. The SMILES string of the molecule is CC1(C)C(NCCSC2CCNCC2)C1(C)C. The molecule has 1 saturated heterocycles. The van der Waals surface area contributed by atoms with Crippen molar-refractivity contribution in [1.29, 1.82) is 0 Å². The van der Waals surface area contributed by atoms with Crippen LogP contribution in [0.4, 0.5) is 0 Å². The number of piperidine rings is 1. The molecular formula is C14H28N2S. The molecule has 0 aromatic rings. The van der Waals surface area contributed by atoms with Crippen LogP contribution in [0.2, 0.25) is 0 Å². The van der Waals surface area contributed by atoms with E-state index in [-0.39, 0.29) is 0 Å². The lowest BCUT2D eigenvalue weighted by Gasteiger charge is -2.22. The fraction of sp³-hybridized carbons (Fsp3) is 1.00. The molecule has 0 spiro atoms. The molecule has 2 fully saturated rings. The van der Waals surface area contributed by atoms with Gasteiger partial charge in [-0.1, -0.05) is 27.7 Å². The highest BCUT2D eigenvalue weighted by atomic mass is 32.2. The maximum absolute atomic E-state index is 3.74. The Labute approximate surface area is 111 Å². The van der Waals surface area contributed by atoms with E-state index < -0.39 is 0 Å². The summed E-state index contributed by atoms with van der Waals surface area (Å²) in [6.07, 6.45) is 2.70. The molecule has 0 unspecified atom stereocenters. The van der Waals surface area contributed by atoms with E-state index in [2.05, 4.69) is 50.1 Å². The van der Waals surface area contributed by atoms with Crippen LogP contribution in [0.5, 0.6) is 0 Å². The van der Waals surface area contributed by atoms with Gasteiger partial charge < -0.3 is 10.6 Å². The Morgan fingerprint density at radius 3 is 2.24 bits per heavy atom. The Bertz CT molecular complexity index is 243. The van der Waals surface area contributed by atoms with Crippen molar-refractivity contribution in [3.05, 3.63) is 0 Å². The molecule has 1 saturated carbocycles. The van der Waals surface area contributed by atoms with E-state index in [0.29, 0.717) is 16.9 Å². The van der Waals surface area contributed by atoms with Crippen LogP contribution >= 0.6 is 11.8 Å². The van der Waals surface area contributed by atoms with Gasteiger partial charge in [-0.3, -0.25) is 0 Å². The largest absolute Gasteiger partial charge is 0.317 e. The summed E-state index contributed by atoms with van der Waals surface area (Å²) in [7, 11) is 0. The first-order chi connectivity index (χ1) is 7.96. The first kappa shape index (κ1) is 13.7. The molecule has 2 aliphatic rings. The highest BCUT2D eigenvalue weighted by Gasteiger charge is 2.64. The summed E-state index contributed by atoms with van der Waals surface area (Å²) in [5.41, 5.74) is 0.957. The van der Waals surface area contributed by atoms with Gasteiger partial charge in [-0.15, -0.1) is 0 Å². The van der Waals surface area contributed by atoms with Crippen LogP contribution in [0.15, 0.2) is 0 Å². The molecule has 0 aromatic carbocycles. The first-order valence-electron chi connectivity index (χ1n) is 7.02. The Morgan fingerprint density at radius 1 is 1.12 bits per heavy atom. The van der Waals surface area contributed by atoms with E-state index in [1.165, 1.54) is 38.2 Å². The zero-order chi connectivity index (χ0) is 12.5. The molecule has 17 heavy (non-hydrogen) atoms. The fourth-order valence-corrected chi connectivity index (χ4v) is 4.24. The van der Waals surface area contributed by atoms with Crippen molar-refractivity contribution in [3.8, 4) is 0 Å². The smallest absolute Gasteiger partial charge is 0.0181 e. The normalized spacial score (nSPS) is 28.2. The van der Waals surface area contributed by atoms with Gasteiger partial charge in [0.1, 0.15) is 0 Å². The summed E-state index contributed by atoms with van der Waals surface area (Å²) in [6.45, 7) is 13.1. The van der Waals surface area contributed by atoms with Gasteiger partial charge in [-0.05, 0) is 36.8 Å². The first-order valence-corrected chi connectivity index (χ1v) is 8.07. The van der Waals surface area contributed by atoms with Crippen LogP contribution in [-0.4, -0.2) is 36.7 Å². The molecule has 2 rings (SSSR count). The van der Waals surface area contributed by atoms with Crippen molar-refractivity contribution in [2.24, 2.45) is 10.8 Å². The molecular weight excluding hydrogens is 228 g/mol. The van der Waals surface area contributed by atoms with Crippen LogP contribution < -0.4 is 10.6 Å². The van der Waals surface area contributed by atoms with Gasteiger partial charge in [-0.2, -0.15) is 11.8 Å². The fourth-order valence-electron chi connectivity index (χ4n) is 3.10. The number of hydrogen-bond acceptors (Lipinski definition) is 3. The molecule has 2 nitrogen and oxygen atoms in total. The van der Waals surface area contributed by atoms with Gasteiger partial charge in [0.05, 0.1) is 0 Å². The van der Waals surface area contributed by atoms with Gasteiger partial charge in [-0.25, -0.2) is 0 Å². The average Bonchev–Trinajstić information content (AvgIpc) is 2.67. The lowest BCUT2D eigenvalue weighted by molar-refractivity contribution is 0.457. The van der Waals surface area contributed by atoms with Gasteiger partial charge in [0, 0.05) is 23.6 Å². The second-order valence-electron chi connectivity index (χ2n) is 6.65. The van der Waals surface area contributed by atoms with Crippen molar-refractivity contribution in [1.82, 2.24) is 10.6 Å². The molecule has 0 atom stereocenters. The number of hydrogen-bond donors (Lipinski definition) is 2. The third-order valence-corrected chi connectivity index (χ3v) is 6.49. The summed E-state index contributed by atoms with van der Waals surface area (Å²) in [6, 6.07) is 0.712. The summed E-state index contributed by atoms with van der Waals surface area (Å²) >= 11 is 2.16. The third-order valence-electron chi connectivity index (χ3n) is 5.11. The van der Waals surface area contributed by atoms with Crippen LogP contribution in [0, 0.1) is 10.8 Å². The average molecular weight is 256 g/mol. The number of nitrogens with one attached hydrogen (secondary N) is 2. The Kier molecular flexibility index (Phi) is 4.11. The van der Waals surface area contributed by atoms with Gasteiger partial charge in [0.2, 0.25) is 0 Å². The Balaban J connectivity index is 1.58. The van der Waals surface area contributed by atoms with Gasteiger partial charge in [0.15, 0.2) is 0 Å². The summed E-state index contributed by atoms with van der Waals surface area (Å²) in [5, 5.41) is 8.07. The lowest BCUT2D eigenvalue weighted by Crippen LogP contribution is -2.30. The van der Waals surface area contributed by atoms with Crippen molar-refractivity contribution in [2.45, 2.75) is 51.8 Å². The van der Waals surface area contributed by atoms with E-state index >= 15 is 0 Å². The van der Waals surface area contributed by atoms with Crippen molar-refractivity contribution in [2.75, 3.05) is 25.4 Å². The van der Waals surface area contributed by atoms with Crippen LogP contribution in [-0.2, 0) is 0 Å². The van der Waals surface area contributed by atoms with Crippen LogP contribution in [0.3, 0.4) is 0 Å². The second-order valence-corrected chi connectivity index (χ2v) is 8.06. The summed E-state index contributed by atoms with van der Waals surface area (Å²) in [5.74, 6) is 1.27. The second kappa shape index (κ2) is 5.10. The summed E-state index contributed by atoms with van der Waals surface area (Å²) in [4.78, 5) is 0. The minimum Gasteiger partial charge on any atom is -0.317 e. The van der Waals surface area contributed by atoms with Gasteiger partial charge >= 0.3 is 0 Å². The zero-order valence-electron chi connectivity index (χ0n) is 11.8. The molecule has 100 valence electrons. The molecule has 0 amide bonds. The number of rotatable bonds is 5. The predicted octanol–water partition coefficient (Wildman–Crippen LogP) is 2.50. The van der Waals surface area contributed by atoms with Crippen molar-refractivity contribution >= 4 is 11.8 Å². The number of thioether (sulfide) groups is 1. The molecule has 1 aliphatic heterocycles. The highest BCUT2D eigenvalue weighted by Crippen LogP contribution is 2.62. The molecule has 3 heteroatoms. The molecule has 0 bridgehead atoms. The maximum atomic E-state index is 3.74. The molecule has 0 aromatic heterocycles. The van der Waals surface area contributed by atoms with E-state index in [1.807, 2.05) is 0 Å². The Morgan fingerprint density at radius 2 is 1.71 bits per heavy atom. The van der Waals surface area contributed by atoms with Crippen molar-refractivity contribution < 1.29 is 0 Å². The summed E-state index contributed by atoms with van der Waals surface area (Å²) < 4.78 is 0.